The van der Waals surface area contributed by atoms with Gasteiger partial charge >= 0.3 is 0 Å². The molecule has 0 heterocycles. The first-order chi connectivity index (χ1) is 10.9. The Balaban J connectivity index is 0.00000484. The maximum atomic E-state index is 5.92. The minimum atomic E-state index is 0. The van der Waals surface area contributed by atoms with Crippen molar-refractivity contribution in [3.05, 3.63) is 0 Å². The van der Waals surface area contributed by atoms with Crippen LogP contribution in [0.4, 0.5) is 0 Å². The van der Waals surface area contributed by atoms with Crippen LogP contribution in [-0.4, -0.2) is 52.5 Å². The SMILES string of the molecule is CN=C(NCCCCCOC)NCCCOC1CCCCC1.I. The minimum absolute atomic E-state index is 0. The number of hydrogen-bond acceptors (Lipinski definition) is 3. The zero-order valence-corrected chi connectivity index (χ0v) is 17.3. The third kappa shape index (κ3) is 12.9. The number of aliphatic imine (C=N–C) groups is 1. The van der Waals surface area contributed by atoms with E-state index in [4.69, 9.17) is 9.47 Å². The number of methoxy groups -OCH3 is 1. The van der Waals surface area contributed by atoms with Crippen LogP contribution in [0.15, 0.2) is 4.99 Å². The van der Waals surface area contributed by atoms with Gasteiger partial charge in [0.05, 0.1) is 6.10 Å². The van der Waals surface area contributed by atoms with Gasteiger partial charge in [0.25, 0.3) is 0 Å². The van der Waals surface area contributed by atoms with Crippen molar-refractivity contribution >= 4 is 29.9 Å². The molecule has 0 spiro atoms. The summed E-state index contributed by atoms with van der Waals surface area (Å²) in [5, 5.41) is 6.69. The van der Waals surface area contributed by atoms with Gasteiger partial charge in [-0.2, -0.15) is 0 Å². The maximum Gasteiger partial charge on any atom is 0.190 e. The number of halogens is 1. The van der Waals surface area contributed by atoms with Crippen molar-refractivity contribution < 1.29 is 9.47 Å². The van der Waals surface area contributed by atoms with Gasteiger partial charge in [0.1, 0.15) is 0 Å². The standard InChI is InChI=1S/C17H35N3O2.HI/c1-18-17(19-12-7-4-8-14-21-2)20-13-9-15-22-16-10-5-3-6-11-16;/h16H,3-15H2,1-2H3,(H2,18,19,20);1H. The summed E-state index contributed by atoms with van der Waals surface area (Å²) in [5.41, 5.74) is 0. The van der Waals surface area contributed by atoms with Crippen molar-refractivity contribution in [3.63, 3.8) is 0 Å². The molecule has 1 fully saturated rings. The Kier molecular flexibility index (Phi) is 16.7. The minimum Gasteiger partial charge on any atom is -0.385 e. The van der Waals surface area contributed by atoms with Crippen molar-refractivity contribution in [3.8, 4) is 0 Å². The van der Waals surface area contributed by atoms with Gasteiger partial charge in [0.2, 0.25) is 0 Å². The summed E-state index contributed by atoms with van der Waals surface area (Å²) in [6.07, 6.45) is 11.6. The highest BCUT2D eigenvalue weighted by Crippen LogP contribution is 2.20. The summed E-state index contributed by atoms with van der Waals surface area (Å²) in [6, 6.07) is 0. The fourth-order valence-electron chi connectivity index (χ4n) is 2.74. The summed E-state index contributed by atoms with van der Waals surface area (Å²) in [5.74, 6) is 0.893. The molecule has 23 heavy (non-hydrogen) atoms. The monoisotopic (exact) mass is 441 g/mol. The molecule has 0 aromatic rings. The van der Waals surface area contributed by atoms with Crippen LogP contribution in [-0.2, 0) is 9.47 Å². The van der Waals surface area contributed by atoms with Crippen LogP contribution in [0.1, 0.15) is 57.8 Å². The molecule has 2 N–H and O–H groups in total. The molecule has 0 aromatic heterocycles. The van der Waals surface area contributed by atoms with Crippen LogP contribution in [0.2, 0.25) is 0 Å². The number of hydrogen-bond donors (Lipinski definition) is 2. The molecule has 5 nitrogen and oxygen atoms in total. The summed E-state index contributed by atoms with van der Waals surface area (Å²) in [7, 11) is 3.57. The normalized spacial score (nSPS) is 16.0. The van der Waals surface area contributed by atoms with E-state index in [9.17, 15) is 0 Å². The molecular weight excluding hydrogens is 405 g/mol. The van der Waals surface area contributed by atoms with Gasteiger partial charge in [-0.1, -0.05) is 19.3 Å². The van der Waals surface area contributed by atoms with E-state index >= 15 is 0 Å². The van der Waals surface area contributed by atoms with Crippen LogP contribution in [0.5, 0.6) is 0 Å². The second-order valence-electron chi connectivity index (χ2n) is 5.96. The second-order valence-corrected chi connectivity index (χ2v) is 5.96. The van der Waals surface area contributed by atoms with Crippen LogP contribution in [0.3, 0.4) is 0 Å². The summed E-state index contributed by atoms with van der Waals surface area (Å²) >= 11 is 0. The third-order valence-electron chi connectivity index (χ3n) is 4.06. The number of guanidine groups is 1. The van der Waals surface area contributed by atoms with E-state index in [1.807, 2.05) is 7.05 Å². The predicted octanol–water partition coefficient (Wildman–Crippen LogP) is 3.33. The zero-order chi connectivity index (χ0) is 15.9. The molecule has 1 rings (SSSR count). The van der Waals surface area contributed by atoms with Crippen LogP contribution < -0.4 is 10.6 Å². The van der Waals surface area contributed by atoms with Gasteiger partial charge in [0, 0.05) is 40.5 Å². The third-order valence-corrected chi connectivity index (χ3v) is 4.06. The number of unbranched alkanes of at least 4 members (excludes halogenated alkanes) is 2. The Bertz CT molecular complexity index is 285. The fourth-order valence-corrected chi connectivity index (χ4v) is 2.74. The van der Waals surface area contributed by atoms with E-state index < -0.39 is 0 Å². The quantitative estimate of drug-likeness (QED) is 0.224. The lowest BCUT2D eigenvalue weighted by Crippen LogP contribution is -2.38. The molecule has 0 aromatic carbocycles. The number of ether oxygens (including phenoxy) is 2. The number of nitrogens with zero attached hydrogens (tertiary/aromatic N) is 1. The van der Waals surface area contributed by atoms with Crippen molar-refractivity contribution in [2.45, 2.75) is 63.9 Å². The Morgan fingerprint density at radius 1 is 0.957 bits per heavy atom. The van der Waals surface area contributed by atoms with Crippen LogP contribution in [0.25, 0.3) is 0 Å². The highest BCUT2D eigenvalue weighted by Gasteiger charge is 2.12. The Morgan fingerprint density at radius 2 is 1.65 bits per heavy atom. The van der Waals surface area contributed by atoms with Gasteiger partial charge in [-0.15, -0.1) is 24.0 Å². The lowest BCUT2D eigenvalue weighted by molar-refractivity contribution is 0.0277. The first-order valence-electron chi connectivity index (χ1n) is 8.92. The summed E-state index contributed by atoms with van der Waals surface area (Å²) in [4.78, 5) is 4.24. The fraction of sp³-hybridized carbons (Fsp3) is 0.941. The molecule has 0 amide bonds. The van der Waals surface area contributed by atoms with E-state index in [0.29, 0.717) is 6.10 Å². The average molecular weight is 441 g/mol. The van der Waals surface area contributed by atoms with Crippen LogP contribution in [0, 0.1) is 0 Å². The highest BCUT2D eigenvalue weighted by molar-refractivity contribution is 14.0. The van der Waals surface area contributed by atoms with E-state index in [2.05, 4.69) is 15.6 Å². The molecule has 0 bridgehead atoms. The lowest BCUT2D eigenvalue weighted by atomic mass is 9.98. The topological polar surface area (TPSA) is 54.9 Å². The first-order valence-corrected chi connectivity index (χ1v) is 8.92. The Hall–Kier alpha value is -0.0800. The lowest BCUT2D eigenvalue weighted by Gasteiger charge is -2.22. The number of nitrogens with one attached hydrogen (secondary N) is 2. The van der Waals surface area contributed by atoms with E-state index in [1.54, 1.807) is 7.11 Å². The largest absolute Gasteiger partial charge is 0.385 e. The molecule has 6 heteroatoms. The molecule has 0 atom stereocenters. The van der Waals surface area contributed by atoms with Gasteiger partial charge in [-0.25, -0.2) is 0 Å². The molecular formula is C17H36IN3O2. The van der Waals surface area contributed by atoms with Gasteiger partial charge < -0.3 is 20.1 Å². The second kappa shape index (κ2) is 16.8. The molecule has 0 unspecified atom stereocenters. The molecule has 1 aliphatic rings. The molecule has 138 valence electrons. The van der Waals surface area contributed by atoms with E-state index in [-0.39, 0.29) is 24.0 Å². The first kappa shape index (κ1) is 22.9. The predicted molar refractivity (Wildman–Crippen MR) is 108 cm³/mol. The Morgan fingerprint density at radius 3 is 2.30 bits per heavy atom. The average Bonchev–Trinajstić information content (AvgIpc) is 2.56. The zero-order valence-electron chi connectivity index (χ0n) is 14.9. The number of rotatable bonds is 11. The van der Waals surface area contributed by atoms with E-state index in [1.165, 1.54) is 38.5 Å². The van der Waals surface area contributed by atoms with Gasteiger partial charge in [0.15, 0.2) is 5.96 Å². The van der Waals surface area contributed by atoms with Crippen molar-refractivity contribution in [1.29, 1.82) is 0 Å². The summed E-state index contributed by atoms with van der Waals surface area (Å²) in [6.45, 7) is 3.58. The molecule has 0 saturated heterocycles. The van der Waals surface area contributed by atoms with E-state index in [0.717, 1.165) is 51.5 Å². The van der Waals surface area contributed by atoms with Crippen molar-refractivity contribution in [2.75, 3.05) is 40.5 Å². The van der Waals surface area contributed by atoms with Gasteiger partial charge in [-0.3, -0.25) is 4.99 Å². The van der Waals surface area contributed by atoms with Crippen molar-refractivity contribution in [1.82, 2.24) is 10.6 Å². The molecule has 1 saturated carbocycles. The smallest absolute Gasteiger partial charge is 0.190 e. The summed E-state index contributed by atoms with van der Waals surface area (Å²) < 4.78 is 11.0. The van der Waals surface area contributed by atoms with Gasteiger partial charge in [-0.05, 0) is 38.5 Å². The molecule has 0 radical (unpaired) electrons. The molecule has 0 aliphatic heterocycles. The van der Waals surface area contributed by atoms with Crippen LogP contribution >= 0.6 is 24.0 Å². The van der Waals surface area contributed by atoms with Crippen molar-refractivity contribution in [2.24, 2.45) is 4.99 Å². The highest BCUT2D eigenvalue weighted by atomic mass is 127. The molecule has 1 aliphatic carbocycles. The Labute approximate surface area is 159 Å². The maximum absolute atomic E-state index is 5.92.